The van der Waals surface area contributed by atoms with E-state index in [0.717, 1.165) is 0 Å². The summed E-state index contributed by atoms with van der Waals surface area (Å²) in [4.78, 5) is 15.8. The van der Waals surface area contributed by atoms with Gasteiger partial charge in [-0.25, -0.2) is 13.2 Å². The number of carbonyl (C=O) groups is 1. The van der Waals surface area contributed by atoms with Crippen LogP contribution in [0.3, 0.4) is 0 Å². The molecule has 9 heteroatoms. The number of nitrogens with zero attached hydrogens (tertiary/aromatic N) is 1. The van der Waals surface area contributed by atoms with Gasteiger partial charge in [0.1, 0.15) is 5.60 Å². The third kappa shape index (κ3) is 13.0. The standard InChI is InChI=1S/C15H32N4O4S/c1-6-16-13(18-11-12-24(21,22)7-2)17-9-8-10-19-14(20)23-15(3,4)5/h6-12H2,1-5H3,(H,19,20)(H2,16,17,18). The van der Waals surface area contributed by atoms with Crippen molar-refractivity contribution < 1.29 is 17.9 Å². The molecule has 0 aliphatic heterocycles. The van der Waals surface area contributed by atoms with Crippen molar-refractivity contribution in [1.82, 2.24) is 16.0 Å². The fourth-order valence-corrected chi connectivity index (χ4v) is 2.29. The van der Waals surface area contributed by atoms with E-state index in [1.54, 1.807) is 6.92 Å². The molecule has 0 heterocycles. The van der Waals surface area contributed by atoms with Gasteiger partial charge in [0.05, 0.1) is 5.75 Å². The second-order valence-electron chi connectivity index (χ2n) is 6.21. The Kier molecular flexibility index (Phi) is 10.4. The van der Waals surface area contributed by atoms with Crippen LogP contribution in [-0.2, 0) is 14.6 Å². The lowest BCUT2D eigenvalue weighted by atomic mass is 10.2. The maximum absolute atomic E-state index is 11.5. The molecular formula is C15H32N4O4S. The van der Waals surface area contributed by atoms with E-state index in [2.05, 4.69) is 20.9 Å². The van der Waals surface area contributed by atoms with Crippen LogP contribution in [0.5, 0.6) is 0 Å². The molecule has 0 saturated heterocycles. The van der Waals surface area contributed by atoms with Gasteiger partial charge >= 0.3 is 6.09 Å². The predicted octanol–water partition coefficient (Wildman–Crippen LogP) is 0.891. The topological polar surface area (TPSA) is 109 Å². The Bertz CT molecular complexity index is 498. The van der Waals surface area contributed by atoms with Gasteiger partial charge in [0, 0.05) is 31.9 Å². The largest absolute Gasteiger partial charge is 0.444 e. The summed E-state index contributed by atoms with van der Waals surface area (Å²) >= 11 is 0. The van der Waals surface area contributed by atoms with Crippen molar-refractivity contribution in [2.75, 3.05) is 37.7 Å². The SMILES string of the molecule is CCNC(=NCCCNC(=O)OC(C)(C)C)NCCS(=O)(=O)CC. The molecule has 142 valence electrons. The Morgan fingerprint density at radius 2 is 1.75 bits per heavy atom. The molecule has 8 nitrogen and oxygen atoms in total. The zero-order chi connectivity index (χ0) is 18.6. The molecule has 0 bridgehead atoms. The second-order valence-corrected chi connectivity index (χ2v) is 8.68. The van der Waals surface area contributed by atoms with E-state index in [1.165, 1.54) is 0 Å². The predicted molar refractivity (Wildman–Crippen MR) is 97.2 cm³/mol. The zero-order valence-electron chi connectivity index (χ0n) is 15.4. The maximum Gasteiger partial charge on any atom is 0.407 e. The molecule has 0 rings (SSSR count). The van der Waals surface area contributed by atoms with Gasteiger partial charge in [0.2, 0.25) is 0 Å². The van der Waals surface area contributed by atoms with Crippen LogP contribution in [0.15, 0.2) is 4.99 Å². The Labute approximate surface area is 145 Å². The number of hydrogen-bond donors (Lipinski definition) is 3. The van der Waals surface area contributed by atoms with Crippen LogP contribution < -0.4 is 16.0 Å². The lowest BCUT2D eigenvalue weighted by Gasteiger charge is -2.19. The minimum Gasteiger partial charge on any atom is -0.444 e. The fourth-order valence-electron chi connectivity index (χ4n) is 1.59. The molecule has 0 spiro atoms. The molecule has 3 N–H and O–H groups in total. The van der Waals surface area contributed by atoms with E-state index in [9.17, 15) is 13.2 Å². The van der Waals surface area contributed by atoms with Crippen LogP contribution in [0.25, 0.3) is 0 Å². The first kappa shape index (κ1) is 22.5. The lowest BCUT2D eigenvalue weighted by Crippen LogP contribution is -2.40. The summed E-state index contributed by atoms with van der Waals surface area (Å²) in [6.45, 7) is 11.0. The fraction of sp³-hybridized carbons (Fsp3) is 0.867. The number of aliphatic imine (C=N–C) groups is 1. The molecule has 1 amide bonds. The second kappa shape index (κ2) is 11.1. The monoisotopic (exact) mass is 364 g/mol. The molecule has 0 aromatic carbocycles. The normalized spacial score (nSPS) is 12.6. The highest BCUT2D eigenvalue weighted by atomic mass is 32.2. The number of hydrogen-bond acceptors (Lipinski definition) is 5. The minimum absolute atomic E-state index is 0.0775. The van der Waals surface area contributed by atoms with Gasteiger partial charge in [-0.3, -0.25) is 4.99 Å². The first-order valence-corrected chi connectivity index (χ1v) is 10.1. The van der Waals surface area contributed by atoms with Gasteiger partial charge in [-0.1, -0.05) is 6.92 Å². The highest BCUT2D eigenvalue weighted by Crippen LogP contribution is 2.06. The van der Waals surface area contributed by atoms with E-state index in [-0.39, 0.29) is 11.5 Å². The third-order valence-corrected chi connectivity index (χ3v) is 4.47. The molecule has 0 atom stereocenters. The van der Waals surface area contributed by atoms with E-state index < -0.39 is 21.5 Å². The van der Waals surface area contributed by atoms with Crippen molar-refractivity contribution in [3.63, 3.8) is 0 Å². The molecule has 0 aliphatic rings. The Balaban J connectivity index is 4.10. The molecule has 0 fully saturated rings. The maximum atomic E-state index is 11.5. The number of sulfone groups is 1. The van der Waals surface area contributed by atoms with Crippen molar-refractivity contribution in [3.8, 4) is 0 Å². The molecule has 0 aromatic rings. The highest BCUT2D eigenvalue weighted by Gasteiger charge is 2.15. The quantitative estimate of drug-likeness (QED) is 0.318. The van der Waals surface area contributed by atoms with Crippen molar-refractivity contribution in [2.24, 2.45) is 4.99 Å². The molecule has 0 aliphatic carbocycles. The van der Waals surface area contributed by atoms with Crippen LogP contribution in [0.4, 0.5) is 4.79 Å². The van der Waals surface area contributed by atoms with Gasteiger partial charge in [-0.15, -0.1) is 0 Å². The molecular weight excluding hydrogens is 332 g/mol. The summed E-state index contributed by atoms with van der Waals surface area (Å²) in [5, 5.41) is 8.70. The van der Waals surface area contributed by atoms with Gasteiger partial charge in [-0.05, 0) is 34.1 Å². The van der Waals surface area contributed by atoms with Crippen molar-refractivity contribution in [1.29, 1.82) is 0 Å². The average molecular weight is 365 g/mol. The third-order valence-electron chi connectivity index (χ3n) is 2.76. The zero-order valence-corrected chi connectivity index (χ0v) is 16.3. The average Bonchev–Trinajstić information content (AvgIpc) is 2.44. The number of guanidine groups is 1. The number of ether oxygens (including phenoxy) is 1. The van der Waals surface area contributed by atoms with Crippen LogP contribution in [-0.4, -0.2) is 63.8 Å². The molecule has 0 unspecified atom stereocenters. The summed E-state index contributed by atoms with van der Waals surface area (Å²) in [5.74, 6) is 0.786. The van der Waals surface area contributed by atoms with Crippen LogP contribution >= 0.6 is 0 Å². The summed E-state index contributed by atoms with van der Waals surface area (Å²) < 4.78 is 28.0. The highest BCUT2D eigenvalue weighted by molar-refractivity contribution is 7.91. The Morgan fingerprint density at radius 1 is 1.08 bits per heavy atom. The summed E-state index contributed by atoms with van der Waals surface area (Å²) in [6, 6.07) is 0. The van der Waals surface area contributed by atoms with Crippen molar-refractivity contribution in [3.05, 3.63) is 0 Å². The number of amides is 1. The van der Waals surface area contributed by atoms with E-state index >= 15 is 0 Å². The first-order chi connectivity index (χ1) is 11.1. The lowest BCUT2D eigenvalue weighted by molar-refractivity contribution is 0.0527. The summed E-state index contributed by atoms with van der Waals surface area (Å²) in [6.07, 6.45) is 0.213. The molecule has 0 saturated carbocycles. The Hall–Kier alpha value is -1.51. The first-order valence-electron chi connectivity index (χ1n) is 8.29. The molecule has 0 aromatic heterocycles. The number of alkyl carbamates (subject to hydrolysis) is 1. The summed E-state index contributed by atoms with van der Waals surface area (Å²) in [7, 11) is -2.99. The molecule has 0 radical (unpaired) electrons. The summed E-state index contributed by atoms with van der Waals surface area (Å²) in [5.41, 5.74) is -0.511. The van der Waals surface area contributed by atoms with Gasteiger partial charge in [-0.2, -0.15) is 0 Å². The van der Waals surface area contributed by atoms with Crippen LogP contribution in [0, 0.1) is 0 Å². The minimum atomic E-state index is -2.99. The van der Waals surface area contributed by atoms with Gasteiger partial charge in [0.15, 0.2) is 15.8 Å². The van der Waals surface area contributed by atoms with Gasteiger partial charge < -0.3 is 20.7 Å². The van der Waals surface area contributed by atoms with Crippen molar-refractivity contribution >= 4 is 21.9 Å². The van der Waals surface area contributed by atoms with Crippen LogP contribution in [0.2, 0.25) is 0 Å². The van der Waals surface area contributed by atoms with Crippen molar-refractivity contribution in [2.45, 2.75) is 46.6 Å². The van der Waals surface area contributed by atoms with E-state index in [0.29, 0.717) is 38.6 Å². The van der Waals surface area contributed by atoms with Crippen LogP contribution in [0.1, 0.15) is 41.0 Å². The number of carbonyl (C=O) groups excluding carboxylic acids is 1. The number of rotatable bonds is 9. The smallest absolute Gasteiger partial charge is 0.407 e. The van der Waals surface area contributed by atoms with Gasteiger partial charge in [0.25, 0.3) is 0 Å². The Morgan fingerprint density at radius 3 is 2.29 bits per heavy atom. The number of nitrogens with one attached hydrogen (secondary N) is 3. The van der Waals surface area contributed by atoms with E-state index in [4.69, 9.17) is 4.74 Å². The van der Waals surface area contributed by atoms with E-state index in [1.807, 2.05) is 27.7 Å². The molecule has 24 heavy (non-hydrogen) atoms.